The minimum atomic E-state index is -0.602. The van der Waals surface area contributed by atoms with Gasteiger partial charge in [0, 0.05) is 32.8 Å². The summed E-state index contributed by atoms with van der Waals surface area (Å²) in [4.78, 5) is 34.7. The third-order valence-corrected chi connectivity index (χ3v) is 2.61. The van der Waals surface area contributed by atoms with E-state index in [2.05, 4.69) is 10.6 Å². The van der Waals surface area contributed by atoms with Crippen LogP contribution in [0.4, 0.5) is 11.4 Å². The minimum absolute atomic E-state index is 0.0623. The molecule has 0 atom stereocenters. The second kappa shape index (κ2) is 6.50. The molecule has 0 aliphatic rings. The fourth-order valence-corrected chi connectivity index (χ4v) is 1.45. The molecule has 0 aliphatic carbocycles. The van der Waals surface area contributed by atoms with E-state index in [1.54, 1.807) is 14.1 Å². The number of carbonyl (C=O) groups excluding carboxylic acids is 2. The molecule has 0 aromatic heterocycles. The van der Waals surface area contributed by atoms with Gasteiger partial charge in [-0.1, -0.05) is 0 Å². The molecule has 8 heteroatoms. The van der Waals surface area contributed by atoms with E-state index in [1.807, 2.05) is 0 Å². The van der Waals surface area contributed by atoms with Gasteiger partial charge in [-0.2, -0.15) is 0 Å². The maximum absolute atomic E-state index is 11.4. The van der Waals surface area contributed by atoms with Crippen LogP contribution in [0.25, 0.3) is 0 Å². The number of hydrogen-bond acceptors (Lipinski definition) is 5. The van der Waals surface area contributed by atoms with E-state index in [-0.39, 0.29) is 29.4 Å². The Morgan fingerprint density at radius 2 is 2.00 bits per heavy atom. The van der Waals surface area contributed by atoms with E-state index in [1.165, 1.54) is 30.1 Å². The summed E-state index contributed by atoms with van der Waals surface area (Å²) in [5, 5.41) is 16.1. The van der Waals surface area contributed by atoms with Gasteiger partial charge in [-0.15, -0.1) is 0 Å². The summed E-state index contributed by atoms with van der Waals surface area (Å²) < 4.78 is 0. The first-order valence-corrected chi connectivity index (χ1v) is 5.81. The monoisotopic (exact) mass is 280 g/mol. The number of nitrogens with zero attached hydrogens (tertiary/aromatic N) is 2. The van der Waals surface area contributed by atoms with Crippen LogP contribution in [0.5, 0.6) is 0 Å². The molecule has 2 amide bonds. The largest absolute Gasteiger partial charge is 0.371 e. The molecule has 0 saturated carbocycles. The van der Waals surface area contributed by atoms with Gasteiger partial charge in [-0.3, -0.25) is 19.7 Å². The van der Waals surface area contributed by atoms with Crippen LogP contribution >= 0.6 is 0 Å². The van der Waals surface area contributed by atoms with Crippen LogP contribution in [0, 0.1) is 10.1 Å². The highest BCUT2D eigenvalue weighted by atomic mass is 16.6. The smallest absolute Gasteiger partial charge is 0.293 e. The molecular weight excluding hydrogens is 264 g/mol. The van der Waals surface area contributed by atoms with Crippen molar-refractivity contribution < 1.29 is 14.5 Å². The molecule has 1 aromatic rings. The number of benzene rings is 1. The highest BCUT2D eigenvalue weighted by Crippen LogP contribution is 2.25. The van der Waals surface area contributed by atoms with Gasteiger partial charge >= 0.3 is 0 Å². The lowest BCUT2D eigenvalue weighted by atomic mass is 10.1. The van der Waals surface area contributed by atoms with Crippen molar-refractivity contribution in [3.05, 3.63) is 33.9 Å². The third kappa shape index (κ3) is 3.67. The van der Waals surface area contributed by atoms with Gasteiger partial charge in [-0.05, 0) is 12.1 Å². The zero-order chi connectivity index (χ0) is 15.3. The molecule has 0 bridgehead atoms. The summed E-state index contributed by atoms with van der Waals surface area (Å²) in [5.74, 6) is -0.626. The van der Waals surface area contributed by atoms with Crippen LogP contribution < -0.4 is 10.6 Å². The van der Waals surface area contributed by atoms with Gasteiger partial charge in [0.15, 0.2) is 0 Å². The van der Waals surface area contributed by atoms with Gasteiger partial charge in [0.05, 0.1) is 11.5 Å². The molecule has 0 unspecified atom stereocenters. The quantitative estimate of drug-likeness (QED) is 0.602. The maximum atomic E-state index is 11.4. The first-order chi connectivity index (χ1) is 9.36. The number of anilines is 1. The van der Waals surface area contributed by atoms with Crippen molar-refractivity contribution in [3.8, 4) is 0 Å². The number of carbonyl (C=O) groups is 2. The fraction of sp³-hybridized carbons (Fsp3) is 0.333. The predicted molar refractivity (Wildman–Crippen MR) is 73.7 cm³/mol. The molecule has 108 valence electrons. The van der Waals surface area contributed by atoms with Gasteiger partial charge in [0.25, 0.3) is 11.6 Å². The van der Waals surface area contributed by atoms with Crippen molar-refractivity contribution in [2.45, 2.75) is 0 Å². The topological polar surface area (TPSA) is 105 Å². The standard InChI is InChI=1S/C12H16N4O4/c1-13-12(18)8-4-5-9(10(6-8)16(19)20)14-7-11(17)15(2)3/h4-6,14H,7H2,1-3H3,(H,13,18). The number of nitrogens with one attached hydrogen (secondary N) is 2. The Bertz CT molecular complexity index is 542. The molecule has 0 spiro atoms. The highest BCUT2D eigenvalue weighted by molar-refractivity contribution is 5.95. The first-order valence-electron chi connectivity index (χ1n) is 5.81. The van der Waals surface area contributed by atoms with Crippen molar-refractivity contribution in [2.75, 3.05) is 33.0 Å². The second-order valence-electron chi connectivity index (χ2n) is 4.21. The van der Waals surface area contributed by atoms with Crippen LogP contribution in [0.3, 0.4) is 0 Å². The fourth-order valence-electron chi connectivity index (χ4n) is 1.45. The SMILES string of the molecule is CNC(=O)c1ccc(NCC(=O)N(C)C)c([N+](=O)[O-])c1. The van der Waals surface area contributed by atoms with E-state index in [4.69, 9.17) is 0 Å². The molecule has 0 radical (unpaired) electrons. The molecule has 0 heterocycles. The van der Waals surface area contributed by atoms with Gasteiger partial charge < -0.3 is 15.5 Å². The highest BCUT2D eigenvalue weighted by Gasteiger charge is 2.17. The summed E-state index contributed by atoms with van der Waals surface area (Å²) in [7, 11) is 4.62. The third-order valence-electron chi connectivity index (χ3n) is 2.61. The Labute approximate surface area is 115 Å². The van der Waals surface area contributed by atoms with Crippen LogP contribution in [0.15, 0.2) is 18.2 Å². The van der Waals surface area contributed by atoms with E-state index < -0.39 is 10.8 Å². The number of amides is 2. The molecular formula is C12H16N4O4. The van der Waals surface area contributed by atoms with Crippen LogP contribution in [0.2, 0.25) is 0 Å². The Kier molecular flexibility index (Phi) is 5.01. The molecule has 1 rings (SSSR count). The molecule has 1 aromatic carbocycles. The number of nitro benzene ring substituents is 1. The van der Waals surface area contributed by atoms with Gasteiger partial charge in [0.2, 0.25) is 5.91 Å². The summed E-state index contributed by atoms with van der Waals surface area (Å²) in [6.07, 6.45) is 0. The lowest BCUT2D eigenvalue weighted by molar-refractivity contribution is -0.384. The van der Waals surface area contributed by atoms with Gasteiger partial charge in [0.1, 0.15) is 5.69 Å². The molecule has 0 fully saturated rings. The number of likely N-dealkylation sites (N-methyl/N-ethyl adjacent to an activating group) is 1. The van der Waals surface area contributed by atoms with Crippen molar-refractivity contribution in [3.63, 3.8) is 0 Å². The van der Waals surface area contributed by atoms with Crippen LogP contribution in [-0.2, 0) is 4.79 Å². The van der Waals surface area contributed by atoms with E-state index >= 15 is 0 Å². The molecule has 20 heavy (non-hydrogen) atoms. The summed E-state index contributed by atoms with van der Waals surface area (Å²) >= 11 is 0. The van der Waals surface area contributed by atoms with E-state index in [9.17, 15) is 19.7 Å². The minimum Gasteiger partial charge on any atom is -0.371 e. The lowest BCUT2D eigenvalue weighted by Gasteiger charge is -2.12. The molecule has 8 nitrogen and oxygen atoms in total. The molecule has 0 saturated heterocycles. The zero-order valence-corrected chi connectivity index (χ0v) is 11.5. The van der Waals surface area contributed by atoms with Crippen molar-refractivity contribution in [1.29, 1.82) is 0 Å². The summed E-state index contributed by atoms with van der Waals surface area (Å²) in [5.41, 5.74) is 0.124. The Morgan fingerprint density at radius 1 is 1.35 bits per heavy atom. The average molecular weight is 280 g/mol. The number of nitro groups is 1. The predicted octanol–water partition coefficient (Wildman–Crippen LogP) is 0.455. The van der Waals surface area contributed by atoms with Gasteiger partial charge in [-0.25, -0.2) is 0 Å². The zero-order valence-electron chi connectivity index (χ0n) is 11.5. The molecule has 2 N–H and O–H groups in total. The maximum Gasteiger partial charge on any atom is 0.293 e. The van der Waals surface area contributed by atoms with Crippen LogP contribution in [0.1, 0.15) is 10.4 Å². The van der Waals surface area contributed by atoms with Crippen molar-refractivity contribution in [1.82, 2.24) is 10.2 Å². The Morgan fingerprint density at radius 3 is 2.50 bits per heavy atom. The Balaban J connectivity index is 2.99. The van der Waals surface area contributed by atoms with E-state index in [0.717, 1.165) is 0 Å². The van der Waals surface area contributed by atoms with Crippen LogP contribution in [-0.4, -0.2) is 49.3 Å². The first kappa shape index (κ1) is 15.4. The lowest BCUT2D eigenvalue weighted by Crippen LogP contribution is -2.28. The second-order valence-corrected chi connectivity index (χ2v) is 4.21. The number of rotatable bonds is 5. The average Bonchev–Trinajstić information content (AvgIpc) is 2.43. The molecule has 0 aliphatic heterocycles. The van der Waals surface area contributed by atoms with Crippen molar-refractivity contribution >= 4 is 23.2 Å². The Hall–Kier alpha value is -2.64. The van der Waals surface area contributed by atoms with Crippen molar-refractivity contribution in [2.24, 2.45) is 0 Å². The summed E-state index contributed by atoms with van der Waals surface area (Å²) in [6.45, 7) is -0.0623. The van der Waals surface area contributed by atoms with E-state index in [0.29, 0.717) is 0 Å². The summed E-state index contributed by atoms with van der Waals surface area (Å²) in [6, 6.07) is 4.03. The number of hydrogen-bond donors (Lipinski definition) is 2. The normalized spacial score (nSPS) is 9.75.